The highest BCUT2D eigenvalue weighted by Gasteiger charge is 2.33. The molecule has 168 valence electrons. The number of nitrogens with one attached hydrogen (secondary N) is 1. The molecule has 32 heavy (non-hydrogen) atoms. The normalized spacial score (nSPS) is 17.0. The quantitative estimate of drug-likeness (QED) is 0.622. The van der Waals surface area contributed by atoms with Gasteiger partial charge in [-0.1, -0.05) is 24.3 Å². The molecule has 1 atom stereocenters. The first kappa shape index (κ1) is 21.9. The fourth-order valence-electron chi connectivity index (χ4n) is 3.56. The third-order valence-corrected chi connectivity index (χ3v) is 5.15. The van der Waals surface area contributed by atoms with Gasteiger partial charge in [-0.15, -0.1) is 0 Å². The molecular weight excluding hydrogens is 425 g/mol. The summed E-state index contributed by atoms with van der Waals surface area (Å²) in [5.41, 5.74) is -1.25. The van der Waals surface area contributed by atoms with Gasteiger partial charge in [0, 0.05) is 18.5 Å². The van der Waals surface area contributed by atoms with Crippen LogP contribution in [0, 0.1) is 0 Å². The van der Waals surface area contributed by atoms with E-state index in [0.29, 0.717) is 17.7 Å². The monoisotopic (exact) mass is 446 g/mol. The van der Waals surface area contributed by atoms with Crippen LogP contribution in [0.15, 0.2) is 57.9 Å². The molecule has 3 aromatic rings. The minimum atomic E-state index is -4.61. The Bertz CT molecular complexity index is 1200. The topological polar surface area (TPSA) is 73.1 Å². The Morgan fingerprint density at radius 1 is 1.22 bits per heavy atom. The van der Waals surface area contributed by atoms with Crippen LogP contribution in [0.1, 0.15) is 28.8 Å². The zero-order valence-electron chi connectivity index (χ0n) is 17.2. The Balaban J connectivity index is 1.85. The smallest absolute Gasteiger partial charge is 0.418 e. The van der Waals surface area contributed by atoms with Gasteiger partial charge in [0.25, 0.3) is 5.91 Å². The molecule has 4 rings (SSSR count). The van der Waals surface area contributed by atoms with Gasteiger partial charge in [0.2, 0.25) is 5.55 Å². The number of carbonyl (C=O) groups is 1. The summed E-state index contributed by atoms with van der Waals surface area (Å²) in [6.45, 7) is 0.925. The van der Waals surface area contributed by atoms with Gasteiger partial charge in [-0.2, -0.15) is 13.2 Å². The number of alkyl halides is 3. The molecule has 0 spiro atoms. The molecule has 1 fully saturated rings. The van der Waals surface area contributed by atoms with E-state index in [4.69, 9.17) is 13.9 Å². The number of carbonyl (C=O) groups excluding carboxylic acids is 1. The number of para-hydroxylation sites is 2. The number of ether oxygens (including phenoxy) is 2. The molecule has 1 N–H and O–H groups in total. The van der Waals surface area contributed by atoms with Gasteiger partial charge in [0.15, 0.2) is 11.3 Å². The molecule has 2 heterocycles. The number of methoxy groups -OCH3 is 1. The third kappa shape index (κ3) is 4.62. The summed E-state index contributed by atoms with van der Waals surface area (Å²) >= 11 is 0. The second-order valence-electron chi connectivity index (χ2n) is 7.32. The highest BCUT2D eigenvalue weighted by Crippen LogP contribution is 2.36. The minimum Gasteiger partial charge on any atom is -0.493 e. The van der Waals surface area contributed by atoms with Crippen LogP contribution >= 0.6 is 0 Å². The fraction of sp³-hybridized carbons (Fsp3) is 0.304. The summed E-state index contributed by atoms with van der Waals surface area (Å²) in [6, 6.07) is 11.5. The zero-order valence-corrected chi connectivity index (χ0v) is 17.2. The first-order chi connectivity index (χ1) is 15.4. The van der Waals surface area contributed by atoms with Crippen LogP contribution < -0.4 is 15.6 Å². The Labute approximate surface area is 181 Å². The summed E-state index contributed by atoms with van der Waals surface area (Å²) in [5, 5.41) is 3.32. The van der Waals surface area contributed by atoms with Crippen LogP contribution in [0.4, 0.5) is 18.9 Å². The number of halogens is 3. The molecule has 0 unspecified atom stereocenters. The van der Waals surface area contributed by atoms with Gasteiger partial charge in [0.1, 0.15) is 5.56 Å². The number of rotatable bonds is 5. The molecule has 0 saturated carbocycles. The molecule has 2 aromatic carbocycles. The maximum Gasteiger partial charge on any atom is 0.418 e. The summed E-state index contributed by atoms with van der Waals surface area (Å²) in [4.78, 5) is 17.1. The highest BCUT2D eigenvalue weighted by molar-refractivity contribution is 5.97. The van der Waals surface area contributed by atoms with Crippen molar-refractivity contribution in [1.29, 1.82) is 0 Å². The van der Waals surface area contributed by atoms with Gasteiger partial charge in [-0.3, -0.25) is 4.79 Å². The van der Waals surface area contributed by atoms with Crippen LogP contribution in [0.3, 0.4) is 0 Å². The third-order valence-electron chi connectivity index (χ3n) is 5.15. The Morgan fingerprint density at radius 3 is 2.75 bits per heavy atom. The van der Waals surface area contributed by atoms with Gasteiger partial charge < -0.3 is 19.2 Å². The van der Waals surface area contributed by atoms with Crippen LogP contribution in [0.5, 0.6) is 5.75 Å². The average Bonchev–Trinajstić information content (AvgIpc) is 3.30. The Kier molecular flexibility index (Phi) is 6.18. The zero-order chi connectivity index (χ0) is 22.7. The summed E-state index contributed by atoms with van der Waals surface area (Å²) in [7, 11) is 1.45. The molecule has 1 aliphatic heterocycles. The van der Waals surface area contributed by atoms with Crippen molar-refractivity contribution >= 4 is 22.6 Å². The van der Waals surface area contributed by atoms with E-state index < -0.39 is 17.6 Å². The lowest BCUT2D eigenvalue weighted by atomic mass is 10.1. The summed E-state index contributed by atoms with van der Waals surface area (Å²) in [5.74, 6) is -0.147. The lowest BCUT2D eigenvalue weighted by Crippen LogP contribution is -2.34. The van der Waals surface area contributed by atoms with Crippen LogP contribution in [0.2, 0.25) is 0 Å². The maximum atomic E-state index is 13.5. The first-order valence-corrected chi connectivity index (χ1v) is 10.1. The summed E-state index contributed by atoms with van der Waals surface area (Å²) in [6.07, 6.45) is -2.96. The van der Waals surface area contributed by atoms with Crippen molar-refractivity contribution in [2.45, 2.75) is 25.1 Å². The Morgan fingerprint density at radius 2 is 2.03 bits per heavy atom. The predicted molar refractivity (Wildman–Crippen MR) is 111 cm³/mol. The van der Waals surface area contributed by atoms with Gasteiger partial charge >= 0.3 is 6.18 Å². The largest absolute Gasteiger partial charge is 0.493 e. The lowest BCUT2D eigenvalue weighted by molar-refractivity contribution is -0.137. The highest BCUT2D eigenvalue weighted by atomic mass is 19.4. The number of amides is 1. The standard InChI is InChI=1S/C23H21F3N2O4/c1-30-19-10-4-6-14-12-16(21(29)27-13-15-7-5-11-31-15)22(32-20(14)19)28-18-9-3-2-8-17(18)23(24,25)26/h2-4,6,8-10,12,15H,5,7,11,13H2,1H3,(H,27,29)/t15-/m0/s1. The van der Waals surface area contributed by atoms with E-state index in [1.165, 1.54) is 31.4 Å². The van der Waals surface area contributed by atoms with E-state index in [-0.39, 0.29) is 35.0 Å². The van der Waals surface area contributed by atoms with Crippen molar-refractivity contribution in [2.75, 3.05) is 20.3 Å². The van der Waals surface area contributed by atoms with Crippen molar-refractivity contribution in [3.05, 3.63) is 65.2 Å². The molecule has 1 aromatic heterocycles. The second kappa shape index (κ2) is 9.04. The predicted octanol–water partition coefficient (Wildman–Crippen LogP) is 4.60. The van der Waals surface area contributed by atoms with Crippen LogP contribution in [-0.2, 0) is 10.9 Å². The second-order valence-corrected chi connectivity index (χ2v) is 7.32. The summed E-state index contributed by atoms with van der Waals surface area (Å²) < 4.78 is 57.1. The number of benzene rings is 2. The molecule has 0 bridgehead atoms. The lowest BCUT2D eigenvalue weighted by Gasteiger charge is -2.12. The molecule has 1 amide bonds. The molecule has 1 saturated heterocycles. The van der Waals surface area contributed by atoms with E-state index in [1.807, 2.05) is 0 Å². The molecular formula is C23H21F3N2O4. The van der Waals surface area contributed by atoms with Crippen molar-refractivity contribution in [2.24, 2.45) is 4.99 Å². The van der Waals surface area contributed by atoms with Gasteiger partial charge in [-0.25, -0.2) is 4.99 Å². The van der Waals surface area contributed by atoms with E-state index in [2.05, 4.69) is 10.3 Å². The van der Waals surface area contributed by atoms with Gasteiger partial charge in [-0.05, 0) is 37.1 Å². The number of fused-ring (bicyclic) bond motifs is 1. The molecule has 1 aliphatic rings. The average molecular weight is 446 g/mol. The van der Waals surface area contributed by atoms with Crippen LogP contribution in [0.25, 0.3) is 11.0 Å². The van der Waals surface area contributed by atoms with E-state index in [1.54, 1.807) is 18.2 Å². The molecule has 0 aliphatic carbocycles. The Hall–Kier alpha value is -3.33. The number of hydrogen-bond acceptors (Lipinski definition) is 5. The molecule has 9 heteroatoms. The first-order valence-electron chi connectivity index (χ1n) is 10.1. The van der Waals surface area contributed by atoms with Crippen molar-refractivity contribution in [1.82, 2.24) is 5.32 Å². The minimum absolute atomic E-state index is 0.0146. The molecule has 6 nitrogen and oxygen atoms in total. The van der Waals surface area contributed by atoms with Crippen LogP contribution in [-0.4, -0.2) is 32.3 Å². The van der Waals surface area contributed by atoms with E-state index in [9.17, 15) is 18.0 Å². The SMILES string of the molecule is COc1cccc2cc(C(=O)NC[C@@H]3CCCO3)c(=Nc3ccccc3C(F)(F)F)oc12. The number of nitrogens with zero attached hydrogens (tertiary/aromatic N) is 1. The van der Waals surface area contributed by atoms with Gasteiger partial charge in [0.05, 0.1) is 24.5 Å². The van der Waals surface area contributed by atoms with E-state index in [0.717, 1.165) is 18.9 Å². The fourth-order valence-corrected chi connectivity index (χ4v) is 3.56. The molecule has 0 radical (unpaired) electrons. The number of hydrogen-bond donors (Lipinski definition) is 1. The van der Waals surface area contributed by atoms with Crippen molar-refractivity contribution in [3.8, 4) is 5.75 Å². The van der Waals surface area contributed by atoms with Crippen molar-refractivity contribution in [3.63, 3.8) is 0 Å². The maximum absolute atomic E-state index is 13.5. The van der Waals surface area contributed by atoms with Crippen molar-refractivity contribution < 1.29 is 31.9 Å². The van der Waals surface area contributed by atoms with E-state index >= 15 is 0 Å².